The molecule has 2 aliphatic rings. The summed E-state index contributed by atoms with van der Waals surface area (Å²) in [5, 5.41) is 5.14. The summed E-state index contributed by atoms with van der Waals surface area (Å²) >= 11 is 0. The summed E-state index contributed by atoms with van der Waals surface area (Å²) in [4.78, 5) is 2.48. The van der Waals surface area contributed by atoms with Gasteiger partial charge in [0.1, 0.15) is 0 Å². The lowest BCUT2D eigenvalue weighted by Gasteiger charge is -2.36. The Labute approximate surface area is 357 Å². The third kappa shape index (κ3) is 5.14. The van der Waals surface area contributed by atoms with Crippen molar-refractivity contribution in [3.05, 3.63) is 258 Å². The molecule has 10 aromatic rings. The Balaban J connectivity index is 1.16. The van der Waals surface area contributed by atoms with Crippen LogP contribution in [0.1, 0.15) is 47.2 Å². The molecule has 0 fully saturated rings. The van der Waals surface area contributed by atoms with Crippen LogP contribution in [0, 0.1) is 0 Å². The van der Waals surface area contributed by atoms with Gasteiger partial charge in [0, 0.05) is 22.5 Å². The molecule has 0 radical (unpaired) electrons. The fourth-order valence-electron chi connectivity index (χ4n) is 11.0. The van der Waals surface area contributed by atoms with Crippen molar-refractivity contribution < 1.29 is 0 Å². The molecular formula is C60H43N. The lowest BCUT2D eigenvalue weighted by Crippen LogP contribution is -2.29. The van der Waals surface area contributed by atoms with Crippen molar-refractivity contribution in [3.8, 4) is 33.4 Å². The molecule has 0 amide bonds. The van der Waals surface area contributed by atoms with Crippen LogP contribution < -0.4 is 4.90 Å². The molecule has 288 valence electrons. The molecule has 0 saturated carbocycles. The zero-order valence-electron chi connectivity index (χ0n) is 34.3. The van der Waals surface area contributed by atoms with E-state index in [4.69, 9.17) is 0 Å². The van der Waals surface area contributed by atoms with Gasteiger partial charge in [0.15, 0.2) is 0 Å². The van der Waals surface area contributed by atoms with Crippen molar-refractivity contribution >= 4 is 38.6 Å². The van der Waals surface area contributed by atoms with Crippen LogP contribution in [0.5, 0.6) is 0 Å². The fourth-order valence-corrected chi connectivity index (χ4v) is 11.0. The van der Waals surface area contributed by atoms with Crippen molar-refractivity contribution in [1.82, 2.24) is 0 Å². The summed E-state index contributed by atoms with van der Waals surface area (Å²) in [6.07, 6.45) is 0. The summed E-state index contributed by atoms with van der Waals surface area (Å²) < 4.78 is 0. The molecule has 1 nitrogen and oxygen atoms in total. The number of nitrogens with zero attached hydrogens (tertiary/aromatic N) is 1. The first-order valence-electron chi connectivity index (χ1n) is 21.4. The van der Waals surface area contributed by atoms with Crippen LogP contribution in [0.15, 0.2) is 224 Å². The van der Waals surface area contributed by atoms with Crippen molar-refractivity contribution in [2.75, 3.05) is 4.90 Å². The first-order chi connectivity index (χ1) is 30.0. The molecule has 2 aliphatic carbocycles. The zero-order valence-corrected chi connectivity index (χ0v) is 34.3. The monoisotopic (exact) mass is 777 g/mol. The Kier molecular flexibility index (Phi) is 7.86. The minimum atomic E-state index is -0.600. The molecule has 12 rings (SSSR count). The van der Waals surface area contributed by atoms with E-state index in [1.54, 1.807) is 0 Å². The molecule has 61 heavy (non-hydrogen) atoms. The molecule has 0 bridgehead atoms. The predicted molar refractivity (Wildman–Crippen MR) is 256 cm³/mol. The molecule has 0 aliphatic heterocycles. The van der Waals surface area contributed by atoms with E-state index < -0.39 is 5.41 Å². The minimum absolute atomic E-state index is 0.137. The van der Waals surface area contributed by atoms with Crippen molar-refractivity contribution in [2.24, 2.45) is 0 Å². The molecule has 0 aromatic heterocycles. The molecular weight excluding hydrogens is 735 g/mol. The highest BCUT2D eigenvalue weighted by Crippen LogP contribution is 2.61. The van der Waals surface area contributed by atoms with Crippen LogP contribution in [0.4, 0.5) is 17.1 Å². The second-order valence-electron chi connectivity index (χ2n) is 17.2. The minimum Gasteiger partial charge on any atom is -0.310 e. The lowest BCUT2D eigenvalue weighted by atomic mass is 9.66. The Hall–Kier alpha value is -7.48. The summed E-state index contributed by atoms with van der Waals surface area (Å²) in [5.74, 6) is 0. The highest BCUT2D eigenvalue weighted by Gasteiger charge is 2.48. The van der Waals surface area contributed by atoms with Crippen LogP contribution in [0.3, 0.4) is 0 Å². The van der Waals surface area contributed by atoms with E-state index in [9.17, 15) is 0 Å². The quantitative estimate of drug-likeness (QED) is 0.152. The van der Waals surface area contributed by atoms with E-state index in [1.807, 2.05) is 0 Å². The summed E-state index contributed by atoms with van der Waals surface area (Å²) in [5.41, 5.74) is 18.2. The van der Waals surface area contributed by atoms with Gasteiger partial charge in [0.2, 0.25) is 0 Å². The Bertz CT molecular complexity index is 3270. The maximum Gasteiger partial charge on any atom is 0.0720 e. The predicted octanol–water partition coefficient (Wildman–Crippen LogP) is 15.8. The van der Waals surface area contributed by atoms with Crippen LogP contribution in [0.25, 0.3) is 54.9 Å². The molecule has 0 atom stereocenters. The van der Waals surface area contributed by atoms with E-state index in [-0.39, 0.29) is 5.41 Å². The maximum absolute atomic E-state index is 2.51. The normalized spacial score (nSPS) is 14.0. The number of rotatable bonds is 6. The number of benzene rings is 10. The Morgan fingerprint density at radius 2 is 0.787 bits per heavy atom. The average molecular weight is 778 g/mol. The number of anilines is 3. The van der Waals surface area contributed by atoms with E-state index in [0.29, 0.717) is 0 Å². The van der Waals surface area contributed by atoms with Gasteiger partial charge in [-0.1, -0.05) is 202 Å². The molecule has 1 heteroatoms. The van der Waals surface area contributed by atoms with Gasteiger partial charge in [0.25, 0.3) is 0 Å². The van der Waals surface area contributed by atoms with Gasteiger partial charge in [0.05, 0.1) is 5.41 Å². The third-order valence-electron chi connectivity index (χ3n) is 13.7. The molecule has 0 N–H and O–H groups in total. The van der Waals surface area contributed by atoms with Gasteiger partial charge >= 0.3 is 0 Å². The maximum atomic E-state index is 2.51. The highest BCUT2D eigenvalue weighted by atomic mass is 15.1. The topological polar surface area (TPSA) is 3.24 Å². The molecule has 0 unspecified atom stereocenters. The number of hydrogen-bond donors (Lipinski definition) is 0. The van der Waals surface area contributed by atoms with Gasteiger partial charge < -0.3 is 4.90 Å². The molecule has 0 saturated heterocycles. The largest absolute Gasteiger partial charge is 0.310 e. The lowest BCUT2D eigenvalue weighted by molar-refractivity contribution is 0.660. The van der Waals surface area contributed by atoms with Gasteiger partial charge in [-0.15, -0.1) is 0 Å². The van der Waals surface area contributed by atoms with Crippen LogP contribution in [-0.4, -0.2) is 0 Å². The second-order valence-corrected chi connectivity index (χ2v) is 17.2. The summed E-state index contributed by atoms with van der Waals surface area (Å²) in [6.45, 7) is 4.74. The van der Waals surface area contributed by atoms with Gasteiger partial charge in [-0.2, -0.15) is 0 Å². The summed E-state index contributed by atoms with van der Waals surface area (Å²) in [7, 11) is 0. The van der Waals surface area contributed by atoms with Gasteiger partial charge in [-0.05, 0) is 125 Å². The number of fused-ring (bicyclic) bond motifs is 11. The van der Waals surface area contributed by atoms with Gasteiger partial charge in [-0.25, -0.2) is 0 Å². The average Bonchev–Trinajstić information content (AvgIpc) is 3.76. The first-order valence-corrected chi connectivity index (χ1v) is 21.4. The zero-order chi connectivity index (χ0) is 40.7. The van der Waals surface area contributed by atoms with Crippen molar-refractivity contribution in [1.29, 1.82) is 0 Å². The van der Waals surface area contributed by atoms with Crippen LogP contribution >= 0.6 is 0 Å². The van der Waals surface area contributed by atoms with Crippen molar-refractivity contribution in [2.45, 2.75) is 24.7 Å². The Morgan fingerprint density at radius 3 is 1.44 bits per heavy atom. The smallest absolute Gasteiger partial charge is 0.0720 e. The third-order valence-corrected chi connectivity index (χ3v) is 13.7. The molecule has 0 spiro atoms. The van der Waals surface area contributed by atoms with Crippen LogP contribution in [0.2, 0.25) is 0 Å². The molecule has 0 heterocycles. The van der Waals surface area contributed by atoms with E-state index >= 15 is 0 Å². The van der Waals surface area contributed by atoms with Crippen LogP contribution in [-0.2, 0) is 10.8 Å². The van der Waals surface area contributed by atoms with E-state index in [0.717, 1.165) is 17.1 Å². The Morgan fingerprint density at radius 1 is 0.328 bits per heavy atom. The molecule has 10 aromatic carbocycles. The number of hydrogen-bond acceptors (Lipinski definition) is 1. The standard InChI is InChI=1S/C60H43N/c1-59(2)54-29-17-16-26-49(54)50-36-34-45(38-55(50)59)61(44-32-30-41(31-33-44)40-18-6-3-7-19-40)46-35-37-53-56(39-46)60(42-20-8-4-9-21-42,43-22-10-5-11-23-43)58-52-28-15-13-25-48(52)47-24-12-14-27-51(47)57(53)58/h3-39H,1-2H3. The van der Waals surface area contributed by atoms with Crippen molar-refractivity contribution in [3.63, 3.8) is 0 Å². The summed E-state index contributed by atoms with van der Waals surface area (Å²) in [6, 6.07) is 83.6. The van der Waals surface area contributed by atoms with E-state index in [1.165, 1.54) is 88.3 Å². The van der Waals surface area contributed by atoms with Gasteiger partial charge in [-0.3, -0.25) is 0 Å². The fraction of sp³-hybridized carbons (Fsp3) is 0.0667. The second kappa shape index (κ2) is 13.5. The highest BCUT2D eigenvalue weighted by molar-refractivity contribution is 6.19. The van der Waals surface area contributed by atoms with E-state index in [2.05, 4.69) is 243 Å². The first kappa shape index (κ1) is 35.5. The SMILES string of the molecule is CC1(C)c2ccccc2-c2ccc(N(c3ccc(-c4ccccc4)cc3)c3ccc4c(c3)C(c3ccccc3)(c3ccccc3)c3c-4c4ccccc4c4ccccc34)cc21.